The zero-order valence-corrected chi connectivity index (χ0v) is 11.8. The van der Waals surface area contributed by atoms with Crippen molar-refractivity contribution in [1.29, 1.82) is 0 Å². The van der Waals surface area contributed by atoms with Crippen LogP contribution in [0.5, 0.6) is 0 Å². The van der Waals surface area contributed by atoms with Gasteiger partial charge in [0.2, 0.25) is 5.96 Å². The van der Waals surface area contributed by atoms with Gasteiger partial charge in [-0.1, -0.05) is 19.3 Å². The first-order valence-electron chi connectivity index (χ1n) is 6.92. The Hall–Kier alpha value is -1.56. The molecule has 1 aliphatic rings. The fraction of sp³-hybridized carbons (Fsp3) is 0.692. The van der Waals surface area contributed by atoms with Crippen LogP contribution in [0.1, 0.15) is 37.9 Å². The molecule has 0 spiro atoms. The van der Waals surface area contributed by atoms with E-state index in [-0.39, 0.29) is 0 Å². The molecule has 6 nitrogen and oxygen atoms in total. The van der Waals surface area contributed by atoms with Crippen molar-refractivity contribution in [3.63, 3.8) is 0 Å². The van der Waals surface area contributed by atoms with Gasteiger partial charge in [-0.05, 0) is 12.8 Å². The fourth-order valence-corrected chi connectivity index (χ4v) is 2.46. The Bertz CT molecular complexity index is 419. The molecule has 106 valence electrons. The Morgan fingerprint density at radius 1 is 1.53 bits per heavy atom. The number of nitrogens with two attached hydrogens (primary N) is 1. The zero-order chi connectivity index (χ0) is 13.7. The van der Waals surface area contributed by atoms with Crippen LogP contribution in [0.2, 0.25) is 0 Å². The van der Waals surface area contributed by atoms with Gasteiger partial charge in [0.25, 0.3) is 0 Å². The lowest BCUT2D eigenvalue weighted by Crippen LogP contribution is -2.43. The number of hydrogen-bond acceptors (Lipinski definition) is 3. The Morgan fingerprint density at radius 2 is 2.26 bits per heavy atom. The average molecular weight is 264 g/mol. The number of aryl methyl sites for hydroxylation is 1. The molecule has 1 aromatic rings. The highest BCUT2D eigenvalue weighted by Gasteiger charge is 2.15. The maximum atomic E-state index is 5.61. The maximum Gasteiger partial charge on any atom is 0.208 e. The SMILES string of the molecule is CN(Cc1nccn1C)C(=NC1CCCCC1)NN. The molecule has 1 aliphatic carbocycles. The van der Waals surface area contributed by atoms with E-state index in [9.17, 15) is 0 Å². The lowest BCUT2D eigenvalue weighted by atomic mass is 9.96. The van der Waals surface area contributed by atoms with Gasteiger partial charge in [0.1, 0.15) is 5.82 Å². The molecule has 0 radical (unpaired) electrons. The molecular formula is C13H24N6. The van der Waals surface area contributed by atoms with Crippen molar-refractivity contribution in [2.45, 2.75) is 44.7 Å². The van der Waals surface area contributed by atoms with E-state index in [1.54, 1.807) is 6.20 Å². The second-order valence-electron chi connectivity index (χ2n) is 5.20. The summed E-state index contributed by atoms with van der Waals surface area (Å²) in [5.41, 5.74) is 2.72. The Kier molecular flexibility index (Phi) is 4.79. The summed E-state index contributed by atoms with van der Waals surface area (Å²) in [6.45, 7) is 0.694. The average Bonchev–Trinajstić information content (AvgIpc) is 2.82. The number of guanidine groups is 1. The first-order valence-corrected chi connectivity index (χ1v) is 6.92. The van der Waals surface area contributed by atoms with Crippen molar-refractivity contribution in [3.8, 4) is 0 Å². The second kappa shape index (κ2) is 6.56. The molecule has 1 fully saturated rings. The number of aromatic nitrogens is 2. The number of nitrogens with one attached hydrogen (secondary N) is 1. The van der Waals surface area contributed by atoms with Gasteiger partial charge in [-0.25, -0.2) is 15.8 Å². The Labute approximate surface area is 114 Å². The predicted octanol–water partition coefficient (Wildman–Crippen LogP) is 1.00. The number of hydrogen-bond donors (Lipinski definition) is 2. The summed E-state index contributed by atoms with van der Waals surface area (Å²) < 4.78 is 2.01. The van der Waals surface area contributed by atoms with Crippen LogP contribution in [0.3, 0.4) is 0 Å². The van der Waals surface area contributed by atoms with Gasteiger partial charge >= 0.3 is 0 Å². The van der Waals surface area contributed by atoms with E-state index in [1.165, 1.54) is 32.1 Å². The largest absolute Gasteiger partial charge is 0.338 e. The van der Waals surface area contributed by atoms with E-state index >= 15 is 0 Å². The minimum Gasteiger partial charge on any atom is -0.338 e. The van der Waals surface area contributed by atoms with Gasteiger partial charge in [0.15, 0.2) is 0 Å². The van der Waals surface area contributed by atoms with E-state index in [4.69, 9.17) is 10.8 Å². The standard InChI is InChI=1S/C13H24N6/c1-18-9-8-15-12(18)10-19(2)13(17-14)16-11-6-4-3-5-7-11/h8-9,11H,3-7,10,14H2,1-2H3,(H,16,17). The highest BCUT2D eigenvalue weighted by atomic mass is 15.4. The maximum absolute atomic E-state index is 5.61. The fourth-order valence-electron chi connectivity index (χ4n) is 2.46. The summed E-state index contributed by atoms with van der Waals surface area (Å²) in [6.07, 6.45) is 9.96. The van der Waals surface area contributed by atoms with E-state index in [0.29, 0.717) is 12.6 Å². The highest BCUT2D eigenvalue weighted by Crippen LogP contribution is 2.20. The van der Waals surface area contributed by atoms with Crippen LogP contribution in [0.25, 0.3) is 0 Å². The van der Waals surface area contributed by atoms with E-state index in [0.717, 1.165) is 11.8 Å². The topological polar surface area (TPSA) is 71.5 Å². The number of nitrogens with zero attached hydrogens (tertiary/aromatic N) is 4. The van der Waals surface area contributed by atoms with Gasteiger partial charge in [0.05, 0.1) is 12.6 Å². The van der Waals surface area contributed by atoms with E-state index < -0.39 is 0 Å². The minimum absolute atomic E-state index is 0.406. The summed E-state index contributed by atoms with van der Waals surface area (Å²) in [5, 5.41) is 0. The van der Waals surface area contributed by atoms with Gasteiger partial charge < -0.3 is 9.47 Å². The second-order valence-corrected chi connectivity index (χ2v) is 5.20. The normalized spacial score (nSPS) is 17.5. The first-order chi connectivity index (χ1) is 9.20. The van der Waals surface area contributed by atoms with Crippen LogP contribution in [0.15, 0.2) is 17.4 Å². The monoisotopic (exact) mass is 264 g/mol. The van der Waals surface area contributed by atoms with Gasteiger partial charge in [-0.2, -0.15) is 0 Å². The summed E-state index contributed by atoms with van der Waals surface area (Å²) in [6, 6.07) is 0.406. The molecule has 0 atom stereocenters. The van der Waals surface area contributed by atoms with Crippen molar-refractivity contribution in [2.75, 3.05) is 7.05 Å². The number of imidazole rings is 1. The Balaban J connectivity index is 1.99. The third kappa shape index (κ3) is 3.70. The lowest BCUT2D eigenvalue weighted by molar-refractivity contribution is 0.417. The van der Waals surface area contributed by atoms with Gasteiger partial charge in [0, 0.05) is 26.5 Å². The third-order valence-corrected chi connectivity index (χ3v) is 3.67. The van der Waals surface area contributed by atoms with Crippen LogP contribution in [-0.4, -0.2) is 33.5 Å². The molecule has 0 aromatic carbocycles. The molecule has 19 heavy (non-hydrogen) atoms. The smallest absolute Gasteiger partial charge is 0.208 e. The molecule has 1 aromatic heterocycles. The van der Waals surface area contributed by atoms with Crippen LogP contribution >= 0.6 is 0 Å². The van der Waals surface area contributed by atoms with Gasteiger partial charge in [-0.3, -0.25) is 5.43 Å². The third-order valence-electron chi connectivity index (χ3n) is 3.67. The van der Waals surface area contributed by atoms with Crippen molar-refractivity contribution < 1.29 is 0 Å². The van der Waals surface area contributed by atoms with Crippen LogP contribution in [0.4, 0.5) is 0 Å². The molecule has 0 bridgehead atoms. The Morgan fingerprint density at radius 3 is 2.84 bits per heavy atom. The quantitative estimate of drug-likeness (QED) is 0.370. The number of aliphatic imine (C=N–C) groups is 1. The van der Waals surface area contributed by atoms with E-state index in [1.807, 2.05) is 29.8 Å². The van der Waals surface area contributed by atoms with Crippen molar-refractivity contribution in [3.05, 3.63) is 18.2 Å². The summed E-state index contributed by atoms with van der Waals surface area (Å²) in [7, 11) is 3.97. The van der Waals surface area contributed by atoms with Crippen molar-refractivity contribution in [2.24, 2.45) is 17.9 Å². The predicted molar refractivity (Wildman–Crippen MR) is 76.3 cm³/mol. The molecule has 6 heteroatoms. The van der Waals surface area contributed by atoms with Crippen LogP contribution in [0, 0.1) is 0 Å². The molecule has 0 amide bonds. The molecule has 0 saturated heterocycles. The van der Waals surface area contributed by atoms with Crippen molar-refractivity contribution in [1.82, 2.24) is 19.9 Å². The number of hydrazine groups is 1. The summed E-state index contributed by atoms with van der Waals surface area (Å²) in [4.78, 5) is 11.1. The minimum atomic E-state index is 0.406. The van der Waals surface area contributed by atoms with E-state index in [2.05, 4.69) is 10.4 Å². The van der Waals surface area contributed by atoms with Gasteiger partial charge in [-0.15, -0.1) is 0 Å². The zero-order valence-electron chi connectivity index (χ0n) is 11.8. The summed E-state index contributed by atoms with van der Waals surface area (Å²) in [5.74, 6) is 7.35. The molecular weight excluding hydrogens is 240 g/mol. The van der Waals surface area contributed by atoms with Crippen molar-refractivity contribution >= 4 is 5.96 Å². The lowest BCUT2D eigenvalue weighted by Gasteiger charge is -2.24. The molecule has 2 rings (SSSR count). The van der Waals surface area contributed by atoms with Crippen LogP contribution < -0.4 is 11.3 Å². The van der Waals surface area contributed by atoms with Crippen LogP contribution in [-0.2, 0) is 13.6 Å². The molecule has 0 aliphatic heterocycles. The molecule has 1 heterocycles. The number of rotatable bonds is 3. The molecule has 3 N–H and O–H groups in total. The molecule has 0 unspecified atom stereocenters. The first kappa shape index (κ1) is 13.9. The summed E-state index contributed by atoms with van der Waals surface area (Å²) >= 11 is 0. The molecule has 1 saturated carbocycles. The highest BCUT2D eigenvalue weighted by molar-refractivity contribution is 5.79.